The average Bonchev–Trinajstić information content (AvgIpc) is 3.14. The number of rotatable bonds is 13. The van der Waals surface area contributed by atoms with E-state index >= 15 is 0 Å². The Morgan fingerprint density at radius 2 is 1.10 bits per heavy atom. The molecule has 0 saturated carbocycles. The molecular formula is C43H36N2O6. The van der Waals surface area contributed by atoms with Crippen molar-refractivity contribution in [3.05, 3.63) is 194 Å². The zero-order valence-corrected chi connectivity index (χ0v) is 27.8. The van der Waals surface area contributed by atoms with Crippen LogP contribution in [0.2, 0.25) is 0 Å². The number of nitrogens with zero attached hydrogens (tertiary/aromatic N) is 2. The van der Waals surface area contributed by atoms with Gasteiger partial charge in [0.1, 0.15) is 0 Å². The molecule has 2 heterocycles. The van der Waals surface area contributed by atoms with Gasteiger partial charge in [-0.1, -0.05) is 91.0 Å². The first kappa shape index (κ1) is 34.3. The van der Waals surface area contributed by atoms with Crippen molar-refractivity contribution in [3.8, 4) is 22.3 Å². The minimum Gasteiger partial charge on any atom is -0.478 e. The predicted octanol–water partition coefficient (Wildman–Crippen LogP) is 7.87. The zero-order valence-electron chi connectivity index (χ0n) is 27.8. The lowest BCUT2D eigenvalue weighted by Crippen LogP contribution is -2.13. The van der Waals surface area contributed by atoms with E-state index < -0.39 is 11.9 Å². The van der Waals surface area contributed by atoms with Gasteiger partial charge in [0.2, 0.25) is 0 Å². The third-order valence-electron chi connectivity index (χ3n) is 8.73. The van der Waals surface area contributed by atoms with E-state index in [1.807, 2.05) is 106 Å². The summed E-state index contributed by atoms with van der Waals surface area (Å²) in [6, 6.07) is 35.8. The molecule has 0 aliphatic carbocycles. The molecule has 0 saturated heterocycles. The van der Waals surface area contributed by atoms with Gasteiger partial charge in [-0.3, -0.25) is 9.59 Å². The zero-order chi connectivity index (χ0) is 35.7. The molecule has 0 bridgehead atoms. The Morgan fingerprint density at radius 1 is 0.588 bits per heavy atom. The SMILES string of the molecule is O=C(O)c1cc(Cn2ccc(=O)cc2/C=C/CCCc2cc(=O)ccn2Cc2ccc(-c3ccccc3)c(C(=O)O)c2)ccc1-c1ccccc1. The molecule has 6 rings (SSSR count). The molecular weight excluding hydrogens is 640 g/mol. The maximum Gasteiger partial charge on any atom is 0.336 e. The standard InChI is InChI=1S/C43H36N2O6/c46-36-20-22-44(28-30-16-18-38(40(24-30)42(48)49)32-10-4-1-5-11-32)34(26-36)14-8-3-9-15-35-27-37(47)21-23-45(35)29-31-17-19-39(41(25-31)43(50)51)33-12-6-2-7-13-33/h1-2,4-8,10-14,16-27H,3,9,15,28-29H2,(H,48,49)(H,50,51)/b14-8+. The summed E-state index contributed by atoms with van der Waals surface area (Å²) >= 11 is 0. The number of benzene rings is 4. The first-order chi connectivity index (χ1) is 24.7. The van der Waals surface area contributed by atoms with E-state index in [0.29, 0.717) is 42.8 Å². The summed E-state index contributed by atoms with van der Waals surface area (Å²) in [4.78, 5) is 48.9. The number of hydrogen-bond acceptors (Lipinski definition) is 4. The summed E-state index contributed by atoms with van der Waals surface area (Å²) in [6.07, 6.45) is 9.34. The Kier molecular flexibility index (Phi) is 10.6. The molecule has 0 unspecified atom stereocenters. The molecule has 0 spiro atoms. The fourth-order valence-corrected chi connectivity index (χ4v) is 6.21. The van der Waals surface area contributed by atoms with Gasteiger partial charge in [0, 0.05) is 61.1 Å². The number of carboxylic acid groups (broad SMARTS) is 2. The van der Waals surface area contributed by atoms with Crippen LogP contribution in [0.1, 0.15) is 56.1 Å². The molecule has 0 amide bonds. The highest BCUT2D eigenvalue weighted by atomic mass is 16.4. The highest BCUT2D eigenvalue weighted by molar-refractivity contribution is 5.97. The van der Waals surface area contributed by atoms with Gasteiger partial charge < -0.3 is 19.3 Å². The maximum atomic E-state index is 12.3. The average molecular weight is 677 g/mol. The van der Waals surface area contributed by atoms with Crippen LogP contribution >= 0.6 is 0 Å². The van der Waals surface area contributed by atoms with Crippen molar-refractivity contribution in [2.45, 2.75) is 32.4 Å². The molecule has 0 fully saturated rings. The molecule has 2 aromatic heterocycles. The molecule has 2 N–H and O–H groups in total. The summed E-state index contributed by atoms with van der Waals surface area (Å²) in [5.74, 6) is -2.01. The topological polar surface area (TPSA) is 119 Å². The van der Waals surface area contributed by atoms with E-state index in [0.717, 1.165) is 34.4 Å². The second-order valence-electron chi connectivity index (χ2n) is 12.3. The molecule has 6 aromatic rings. The quantitative estimate of drug-likeness (QED) is 0.120. The van der Waals surface area contributed by atoms with Crippen molar-refractivity contribution >= 4 is 18.0 Å². The van der Waals surface area contributed by atoms with Crippen molar-refractivity contribution in [1.82, 2.24) is 9.13 Å². The number of unbranched alkanes of at least 4 members (excludes halogenated alkanes) is 1. The van der Waals surface area contributed by atoms with Crippen LogP contribution in [0.25, 0.3) is 28.3 Å². The lowest BCUT2D eigenvalue weighted by molar-refractivity contribution is 0.0686. The van der Waals surface area contributed by atoms with Gasteiger partial charge >= 0.3 is 11.9 Å². The number of allylic oxidation sites excluding steroid dienone is 1. The molecule has 4 aromatic carbocycles. The first-order valence-corrected chi connectivity index (χ1v) is 16.6. The minimum absolute atomic E-state index is 0.0985. The number of aromatic nitrogens is 2. The molecule has 0 radical (unpaired) electrons. The molecule has 0 atom stereocenters. The molecule has 254 valence electrons. The highest BCUT2D eigenvalue weighted by Crippen LogP contribution is 2.27. The van der Waals surface area contributed by atoms with Crippen LogP contribution in [0, 0.1) is 0 Å². The fraction of sp³-hybridized carbons (Fsp3) is 0.116. The fourth-order valence-electron chi connectivity index (χ4n) is 6.21. The molecule has 0 aliphatic rings. The van der Waals surface area contributed by atoms with Crippen LogP contribution in [-0.2, 0) is 19.5 Å². The van der Waals surface area contributed by atoms with Crippen molar-refractivity contribution in [1.29, 1.82) is 0 Å². The van der Waals surface area contributed by atoms with E-state index in [1.54, 1.807) is 36.7 Å². The van der Waals surface area contributed by atoms with Crippen molar-refractivity contribution in [2.24, 2.45) is 0 Å². The number of aromatic carboxylic acids is 2. The van der Waals surface area contributed by atoms with Gasteiger partial charge in [-0.15, -0.1) is 0 Å². The smallest absolute Gasteiger partial charge is 0.336 e. The van der Waals surface area contributed by atoms with Crippen LogP contribution in [0.15, 0.2) is 149 Å². The van der Waals surface area contributed by atoms with Gasteiger partial charge in [0.05, 0.1) is 11.1 Å². The van der Waals surface area contributed by atoms with E-state index in [9.17, 15) is 29.4 Å². The van der Waals surface area contributed by atoms with Gasteiger partial charge in [-0.2, -0.15) is 0 Å². The Balaban J connectivity index is 1.14. The first-order valence-electron chi connectivity index (χ1n) is 16.6. The maximum absolute atomic E-state index is 12.3. The lowest BCUT2D eigenvalue weighted by atomic mass is 9.97. The largest absolute Gasteiger partial charge is 0.478 e. The summed E-state index contributed by atoms with van der Waals surface area (Å²) in [5.41, 5.74) is 6.27. The summed E-state index contributed by atoms with van der Waals surface area (Å²) < 4.78 is 3.88. The summed E-state index contributed by atoms with van der Waals surface area (Å²) in [5, 5.41) is 19.9. The van der Waals surface area contributed by atoms with E-state index in [2.05, 4.69) is 0 Å². The Morgan fingerprint density at radius 3 is 1.65 bits per heavy atom. The monoisotopic (exact) mass is 676 g/mol. The van der Waals surface area contributed by atoms with E-state index in [4.69, 9.17) is 0 Å². The van der Waals surface area contributed by atoms with Crippen LogP contribution < -0.4 is 10.9 Å². The molecule has 8 nitrogen and oxygen atoms in total. The predicted molar refractivity (Wildman–Crippen MR) is 199 cm³/mol. The normalized spacial score (nSPS) is 11.1. The molecule has 0 aliphatic heterocycles. The van der Waals surface area contributed by atoms with Crippen molar-refractivity contribution in [2.75, 3.05) is 0 Å². The third kappa shape index (κ3) is 8.55. The van der Waals surface area contributed by atoms with E-state index in [-0.39, 0.29) is 22.0 Å². The Bertz CT molecular complexity index is 2340. The summed E-state index contributed by atoms with van der Waals surface area (Å²) in [6.45, 7) is 0.786. The van der Waals surface area contributed by atoms with Gasteiger partial charge in [0.25, 0.3) is 0 Å². The van der Waals surface area contributed by atoms with Gasteiger partial charge in [-0.05, 0) is 70.9 Å². The number of aryl methyl sites for hydroxylation is 1. The highest BCUT2D eigenvalue weighted by Gasteiger charge is 2.15. The van der Waals surface area contributed by atoms with Crippen LogP contribution in [0.5, 0.6) is 0 Å². The molecule has 51 heavy (non-hydrogen) atoms. The number of carbonyl (C=O) groups is 2. The Labute approximate surface area is 294 Å². The number of pyridine rings is 2. The summed E-state index contributed by atoms with van der Waals surface area (Å²) in [7, 11) is 0. The van der Waals surface area contributed by atoms with Crippen LogP contribution in [-0.4, -0.2) is 31.3 Å². The van der Waals surface area contributed by atoms with Gasteiger partial charge in [-0.25, -0.2) is 9.59 Å². The minimum atomic E-state index is -1.01. The van der Waals surface area contributed by atoms with E-state index in [1.165, 1.54) is 12.1 Å². The number of carboxylic acids is 2. The number of hydrogen-bond donors (Lipinski definition) is 2. The third-order valence-corrected chi connectivity index (χ3v) is 8.73. The van der Waals surface area contributed by atoms with Crippen LogP contribution in [0.3, 0.4) is 0 Å². The van der Waals surface area contributed by atoms with Crippen LogP contribution in [0.4, 0.5) is 0 Å². The van der Waals surface area contributed by atoms with Crippen molar-refractivity contribution in [3.63, 3.8) is 0 Å². The Hall–Kier alpha value is -6.54. The molecule has 8 heteroatoms. The second-order valence-corrected chi connectivity index (χ2v) is 12.3. The van der Waals surface area contributed by atoms with Gasteiger partial charge in [0.15, 0.2) is 10.9 Å². The lowest BCUT2D eigenvalue weighted by Gasteiger charge is -2.15. The second kappa shape index (κ2) is 15.8. The van der Waals surface area contributed by atoms with Crippen molar-refractivity contribution < 1.29 is 19.8 Å².